The molecule has 3 atom stereocenters. The highest BCUT2D eigenvalue weighted by molar-refractivity contribution is 5.96. The molecule has 1 aromatic carbocycles. The molecule has 1 fully saturated rings. The van der Waals surface area contributed by atoms with Gasteiger partial charge in [-0.15, -0.1) is 0 Å². The summed E-state index contributed by atoms with van der Waals surface area (Å²) in [6.07, 6.45) is 1.12. The number of nitrogens with two attached hydrogens (primary N) is 1. The summed E-state index contributed by atoms with van der Waals surface area (Å²) in [6.45, 7) is 9.53. The van der Waals surface area contributed by atoms with Crippen LogP contribution in [-0.2, 0) is 21.4 Å². The molecule has 2 aromatic rings. The largest absolute Gasteiger partial charge is 0.459 e. The third-order valence-electron chi connectivity index (χ3n) is 5.47. The van der Waals surface area contributed by atoms with Crippen LogP contribution in [0.1, 0.15) is 28.5 Å². The van der Waals surface area contributed by atoms with E-state index in [1.807, 2.05) is 6.92 Å². The molecule has 4 rings (SSSR count). The summed E-state index contributed by atoms with van der Waals surface area (Å²) in [5, 5.41) is 0. The highest BCUT2D eigenvalue weighted by atomic mass is 19.1. The lowest BCUT2D eigenvalue weighted by molar-refractivity contribution is 0.0816. The zero-order chi connectivity index (χ0) is 20.6. The number of benzene rings is 1. The van der Waals surface area contributed by atoms with E-state index in [0.717, 1.165) is 0 Å². The highest BCUT2D eigenvalue weighted by Crippen LogP contribution is 2.43. The number of fused-ring (bicyclic) bond motifs is 1. The molecule has 2 aliphatic rings. The molecule has 0 spiro atoms. The van der Waals surface area contributed by atoms with Crippen molar-refractivity contribution in [1.29, 1.82) is 0 Å². The first-order valence-electron chi connectivity index (χ1n) is 9.16. The molecule has 0 bridgehead atoms. The molecule has 0 aliphatic carbocycles. The van der Waals surface area contributed by atoms with Crippen LogP contribution in [-0.4, -0.2) is 36.1 Å². The number of carbonyl (C=O) groups is 1. The van der Waals surface area contributed by atoms with Crippen LogP contribution < -0.4 is 5.73 Å². The lowest BCUT2D eigenvalue weighted by atomic mass is 9.77. The summed E-state index contributed by atoms with van der Waals surface area (Å²) >= 11 is 0. The number of carbonyl (C=O) groups excluding carboxylic acids is 1. The molecule has 0 amide bonds. The van der Waals surface area contributed by atoms with Gasteiger partial charge in [0, 0.05) is 18.2 Å². The number of halogens is 1. The van der Waals surface area contributed by atoms with Crippen LogP contribution in [0.5, 0.6) is 0 Å². The fraction of sp³-hybridized carbons (Fsp3) is 0.333. The number of hydrogen-bond donors (Lipinski definition) is 1. The zero-order valence-corrected chi connectivity index (χ0v) is 15.8. The summed E-state index contributed by atoms with van der Waals surface area (Å²) in [5.74, 6) is -0.827. The molecule has 2 N–H and O–H groups in total. The Morgan fingerprint density at radius 1 is 1.38 bits per heavy atom. The Hall–Kier alpha value is -3.31. The molecule has 0 saturated carbocycles. The van der Waals surface area contributed by atoms with E-state index in [1.54, 1.807) is 18.2 Å². The maximum absolute atomic E-state index is 14.8. The van der Waals surface area contributed by atoms with Crippen molar-refractivity contribution in [2.45, 2.75) is 25.0 Å². The Morgan fingerprint density at radius 3 is 2.93 bits per heavy atom. The van der Waals surface area contributed by atoms with Crippen LogP contribution in [0.15, 0.2) is 41.5 Å². The SMILES string of the molecule is [C-]#[N+]c1ccc(C(=O)Cc2ccc(F)c([C@@]3(C)N=C(N)OC4COCC43)c2)nc1. The van der Waals surface area contributed by atoms with Gasteiger partial charge in [0.1, 0.15) is 17.6 Å². The van der Waals surface area contributed by atoms with Gasteiger partial charge in [0.25, 0.3) is 6.02 Å². The second kappa shape index (κ2) is 7.26. The molecule has 1 saturated heterocycles. The lowest BCUT2D eigenvalue weighted by Crippen LogP contribution is -2.47. The highest BCUT2D eigenvalue weighted by Gasteiger charge is 2.50. The summed E-state index contributed by atoms with van der Waals surface area (Å²) in [4.78, 5) is 24.3. The number of hydrogen-bond acceptors (Lipinski definition) is 6. The van der Waals surface area contributed by atoms with Crippen molar-refractivity contribution in [2.24, 2.45) is 16.6 Å². The number of nitrogens with zero attached hydrogens (tertiary/aromatic N) is 3. The van der Waals surface area contributed by atoms with Gasteiger partial charge < -0.3 is 15.2 Å². The smallest absolute Gasteiger partial charge is 0.283 e. The Balaban J connectivity index is 1.65. The minimum Gasteiger partial charge on any atom is -0.459 e. The Labute approximate surface area is 167 Å². The average molecular weight is 394 g/mol. The fourth-order valence-electron chi connectivity index (χ4n) is 3.89. The van der Waals surface area contributed by atoms with E-state index in [1.165, 1.54) is 18.3 Å². The maximum atomic E-state index is 14.8. The van der Waals surface area contributed by atoms with Crippen molar-refractivity contribution in [2.75, 3.05) is 13.2 Å². The van der Waals surface area contributed by atoms with Crippen molar-refractivity contribution in [1.82, 2.24) is 4.98 Å². The van der Waals surface area contributed by atoms with Gasteiger partial charge in [0.2, 0.25) is 5.69 Å². The number of rotatable bonds is 4. The minimum absolute atomic E-state index is 0.00391. The summed E-state index contributed by atoms with van der Waals surface area (Å²) in [6, 6.07) is 7.63. The van der Waals surface area contributed by atoms with Crippen molar-refractivity contribution in [3.8, 4) is 0 Å². The van der Waals surface area contributed by atoms with Gasteiger partial charge >= 0.3 is 0 Å². The van der Waals surface area contributed by atoms with Crippen molar-refractivity contribution >= 4 is 17.5 Å². The molecule has 0 radical (unpaired) electrons. The molecule has 2 aliphatic heterocycles. The van der Waals surface area contributed by atoms with Crippen molar-refractivity contribution < 1.29 is 18.7 Å². The minimum atomic E-state index is -0.956. The van der Waals surface area contributed by atoms with E-state index >= 15 is 0 Å². The Bertz CT molecular complexity index is 1030. The predicted molar refractivity (Wildman–Crippen MR) is 103 cm³/mol. The quantitative estimate of drug-likeness (QED) is 0.636. The molecule has 8 heteroatoms. The summed E-state index contributed by atoms with van der Waals surface area (Å²) in [5.41, 5.74) is 6.49. The first-order valence-corrected chi connectivity index (χ1v) is 9.16. The first kappa shape index (κ1) is 19.0. The fourth-order valence-corrected chi connectivity index (χ4v) is 3.89. The van der Waals surface area contributed by atoms with Crippen LogP contribution in [0.2, 0.25) is 0 Å². The molecular formula is C21H19FN4O3. The van der Waals surface area contributed by atoms with Crippen LogP contribution >= 0.6 is 0 Å². The number of Topliss-reactive ketones (excluding diaryl/α,β-unsaturated/α-hetero) is 1. The van der Waals surface area contributed by atoms with E-state index in [9.17, 15) is 9.18 Å². The van der Waals surface area contributed by atoms with Crippen molar-refractivity contribution in [3.63, 3.8) is 0 Å². The number of ether oxygens (including phenoxy) is 2. The third kappa shape index (κ3) is 3.45. The van der Waals surface area contributed by atoms with Gasteiger partial charge in [-0.1, -0.05) is 12.1 Å². The monoisotopic (exact) mass is 394 g/mol. The Morgan fingerprint density at radius 2 is 2.21 bits per heavy atom. The van der Waals surface area contributed by atoms with Gasteiger partial charge in [-0.05, 0) is 30.7 Å². The summed E-state index contributed by atoms with van der Waals surface area (Å²) in [7, 11) is 0. The number of aliphatic imine (C=N–C) groups is 1. The number of aromatic nitrogens is 1. The number of amidine groups is 1. The van der Waals surface area contributed by atoms with Crippen LogP contribution in [0.25, 0.3) is 4.85 Å². The lowest BCUT2D eigenvalue weighted by Gasteiger charge is -2.38. The number of pyridine rings is 1. The van der Waals surface area contributed by atoms with E-state index in [-0.39, 0.29) is 35.9 Å². The zero-order valence-electron chi connectivity index (χ0n) is 15.8. The van der Waals surface area contributed by atoms with E-state index in [4.69, 9.17) is 21.8 Å². The standard InChI is InChI=1S/C21H19FN4O3/c1-21(15-10-28-11-19(15)29-20(23)26-21)14-7-12(3-5-16(14)22)8-18(27)17-6-4-13(24-2)9-25-17/h3-7,9,15,19H,8,10-11H2,1H3,(H2,23,26)/t15?,19?,21-/m1/s1. The topological polar surface area (TPSA) is 91.2 Å². The van der Waals surface area contributed by atoms with Gasteiger partial charge in [-0.25, -0.2) is 14.2 Å². The molecular weight excluding hydrogens is 375 g/mol. The average Bonchev–Trinajstić information content (AvgIpc) is 3.18. The normalized spacial score (nSPS) is 25.5. The number of ketones is 1. The van der Waals surface area contributed by atoms with E-state index in [0.29, 0.717) is 30.0 Å². The second-order valence-corrected chi connectivity index (χ2v) is 7.33. The predicted octanol–water partition coefficient (Wildman–Crippen LogP) is 2.77. The molecule has 148 valence electrons. The first-order chi connectivity index (χ1) is 13.9. The van der Waals surface area contributed by atoms with Crippen LogP contribution in [0.3, 0.4) is 0 Å². The molecule has 7 nitrogen and oxygen atoms in total. The third-order valence-corrected chi connectivity index (χ3v) is 5.47. The Kier molecular flexibility index (Phi) is 4.76. The van der Waals surface area contributed by atoms with Gasteiger partial charge in [-0.2, -0.15) is 0 Å². The van der Waals surface area contributed by atoms with Crippen molar-refractivity contribution in [3.05, 3.63) is 70.6 Å². The molecule has 29 heavy (non-hydrogen) atoms. The van der Waals surface area contributed by atoms with Gasteiger partial charge in [0.15, 0.2) is 5.78 Å². The van der Waals surface area contributed by atoms with Crippen LogP contribution in [0, 0.1) is 18.3 Å². The molecule has 1 aromatic heterocycles. The van der Waals surface area contributed by atoms with E-state index in [2.05, 4.69) is 14.8 Å². The second-order valence-electron chi connectivity index (χ2n) is 7.33. The van der Waals surface area contributed by atoms with Gasteiger partial charge in [0.05, 0.1) is 31.2 Å². The van der Waals surface area contributed by atoms with Crippen LogP contribution in [0.4, 0.5) is 10.1 Å². The van der Waals surface area contributed by atoms with E-state index < -0.39 is 11.4 Å². The maximum Gasteiger partial charge on any atom is 0.283 e. The summed E-state index contributed by atoms with van der Waals surface area (Å²) < 4.78 is 25.9. The molecule has 2 unspecified atom stereocenters. The van der Waals surface area contributed by atoms with Gasteiger partial charge in [-0.3, -0.25) is 9.78 Å². The molecule has 3 heterocycles.